The molecule has 1 atom stereocenters. The minimum absolute atomic E-state index is 0.0650. The lowest BCUT2D eigenvalue weighted by atomic mass is 10.0. The summed E-state index contributed by atoms with van der Waals surface area (Å²) in [5.74, 6) is 4.25. The fourth-order valence-electron chi connectivity index (χ4n) is 1.45. The van der Waals surface area contributed by atoms with Gasteiger partial charge >= 0.3 is 0 Å². The summed E-state index contributed by atoms with van der Waals surface area (Å²) < 4.78 is 0. The number of halogens is 1. The molecular weight excluding hydrogens is 254 g/mol. The van der Waals surface area contributed by atoms with Crippen molar-refractivity contribution >= 4 is 23.4 Å². The maximum absolute atomic E-state index is 11.9. The van der Waals surface area contributed by atoms with Gasteiger partial charge in [-0.1, -0.05) is 25.4 Å². The van der Waals surface area contributed by atoms with E-state index in [1.165, 1.54) is 0 Å². The number of hydrogen-bond donors (Lipinski definition) is 3. The number of hydrazine groups is 1. The van der Waals surface area contributed by atoms with Gasteiger partial charge in [0.2, 0.25) is 0 Å². The van der Waals surface area contributed by atoms with Gasteiger partial charge in [-0.05, 0) is 30.2 Å². The van der Waals surface area contributed by atoms with Crippen LogP contribution >= 0.6 is 11.6 Å². The van der Waals surface area contributed by atoms with E-state index in [-0.39, 0.29) is 11.8 Å². The Hall–Kier alpha value is -1.59. The summed E-state index contributed by atoms with van der Waals surface area (Å²) in [5.41, 5.74) is 2.48. The van der Waals surface area contributed by atoms with Crippen LogP contribution in [0, 0.1) is 5.92 Å². The highest BCUT2D eigenvalue weighted by molar-refractivity contribution is 6.30. The predicted molar refractivity (Wildman–Crippen MR) is 69.9 cm³/mol. The molecule has 0 bridgehead atoms. The molecule has 5 nitrogen and oxygen atoms in total. The van der Waals surface area contributed by atoms with E-state index < -0.39 is 11.9 Å². The van der Waals surface area contributed by atoms with Crippen LogP contribution in [-0.4, -0.2) is 17.9 Å². The van der Waals surface area contributed by atoms with Crippen molar-refractivity contribution < 1.29 is 9.59 Å². The summed E-state index contributed by atoms with van der Waals surface area (Å²) in [6, 6.07) is 5.75. The first-order chi connectivity index (χ1) is 8.45. The summed E-state index contributed by atoms with van der Waals surface area (Å²) in [5, 5.41) is 3.18. The largest absolute Gasteiger partial charge is 0.340 e. The predicted octanol–water partition coefficient (Wildman–Crippen LogP) is 1.08. The molecule has 0 fully saturated rings. The molecule has 2 amide bonds. The monoisotopic (exact) mass is 269 g/mol. The summed E-state index contributed by atoms with van der Waals surface area (Å²) >= 11 is 5.73. The summed E-state index contributed by atoms with van der Waals surface area (Å²) in [6.07, 6.45) is 0. The zero-order chi connectivity index (χ0) is 13.7. The standard InChI is InChI=1S/C12H16ClN3O2/c1-7(2)10(12(18)16-14)15-11(17)8-3-5-9(13)6-4-8/h3-7,10H,14H2,1-2H3,(H,15,17)(H,16,18). The summed E-state index contributed by atoms with van der Waals surface area (Å²) in [6.45, 7) is 3.64. The molecule has 98 valence electrons. The van der Waals surface area contributed by atoms with E-state index in [4.69, 9.17) is 17.4 Å². The van der Waals surface area contributed by atoms with Crippen LogP contribution < -0.4 is 16.6 Å². The van der Waals surface area contributed by atoms with Crippen molar-refractivity contribution in [2.75, 3.05) is 0 Å². The third kappa shape index (κ3) is 3.72. The van der Waals surface area contributed by atoms with Gasteiger partial charge in [-0.15, -0.1) is 0 Å². The Morgan fingerprint density at radius 1 is 1.22 bits per heavy atom. The Bertz CT molecular complexity index is 431. The molecule has 4 N–H and O–H groups in total. The van der Waals surface area contributed by atoms with Crippen molar-refractivity contribution in [2.45, 2.75) is 19.9 Å². The van der Waals surface area contributed by atoms with Crippen molar-refractivity contribution in [1.82, 2.24) is 10.7 Å². The van der Waals surface area contributed by atoms with E-state index in [1.54, 1.807) is 24.3 Å². The number of benzene rings is 1. The smallest absolute Gasteiger partial charge is 0.256 e. The van der Waals surface area contributed by atoms with Crippen LogP contribution in [0.5, 0.6) is 0 Å². The Kier molecular flexibility index (Phi) is 5.12. The van der Waals surface area contributed by atoms with Crippen molar-refractivity contribution in [3.63, 3.8) is 0 Å². The molecule has 1 unspecified atom stereocenters. The lowest BCUT2D eigenvalue weighted by Gasteiger charge is -2.20. The highest BCUT2D eigenvalue weighted by atomic mass is 35.5. The number of nitrogens with one attached hydrogen (secondary N) is 2. The van der Waals surface area contributed by atoms with E-state index in [9.17, 15) is 9.59 Å². The van der Waals surface area contributed by atoms with Crippen molar-refractivity contribution in [3.05, 3.63) is 34.9 Å². The van der Waals surface area contributed by atoms with Crippen LogP contribution in [0.3, 0.4) is 0 Å². The highest BCUT2D eigenvalue weighted by Crippen LogP contribution is 2.10. The molecule has 1 aromatic rings. The molecule has 0 radical (unpaired) electrons. The fourth-order valence-corrected chi connectivity index (χ4v) is 1.58. The molecule has 18 heavy (non-hydrogen) atoms. The molecule has 0 aliphatic rings. The first-order valence-electron chi connectivity index (χ1n) is 5.52. The SMILES string of the molecule is CC(C)C(NC(=O)c1ccc(Cl)cc1)C(=O)NN. The first-order valence-corrected chi connectivity index (χ1v) is 5.90. The zero-order valence-corrected chi connectivity index (χ0v) is 11.0. The molecule has 6 heteroatoms. The van der Waals surface area contributed by atoms with Gasteiger partial charge in [-0.2, -0.15) is 0 Å². The van der Waals surface area contributed by atoms with Crippen molar-refractivity contribution in [2.24, 2.45) is 11.8 Å². The Labute approximate surface area is 111 Å². The molecule has 0 aliphatic heterocycles. The minimum Gasteiger partial charge on any atom is -0.340 e. The van der Waals surface area contributed by atoms with Crippen LogP contribution in [0.4, 0.5) is 0 Å². The van der Waals surface area contributed by atoms with E-state index in [1.807, 2.05) is 19.3 Å². The lowest BCUT2D eigenvalue weighted by Crippen LogP contribution is -2.51. The van der Waals surface area contributed by atoms with Gasteiger partial charge in [-0.3, -0.25) is 15.0 Å². The number of carbonyl (C=O) groups is 2. The van der Waals surface area contributed by atoms with Gasteiger partial charge in [0.1, 0.15) is 6.04 Å². The van der Waals surface area contributed by atoms with Gasteiger partial charge in [-0.25, -0.2) is 5.84 Å². The lowest BCUT2D eigenvalue weighted by molar-refractivity contribution is -0.124. The molecule has 0 aromatic heterocycles. The number of nitrogens with two attached hydrogens (primary N) is 1. The number of amides is 2. The van der Waals surface area contributed by atoms with E-state index in [0.29, 0.717) is 10.6 Å². The van der Waals surface area contributed by atoms with Crippen molar-refractivity contribution in [3.8, 4) is 0 Å². The Balaban J connectivity index is 2.78. The van der Waals surface area contributed by atoms with Gasteiger partial charge < -0.3 is 5.32 Å². The zero-order valence-electron chi connectivity index (χ0n) is 10.2. The molecule has 1 aromatic carbocycles. The molecule has 0 heterocycles. The fraction of sp³-hybridized carbons (Fsp3) is 0.333. The second kappa shape index (κ2) is 6.37. The maximum Gasteiger partial charge on any atom is 0.256 e. The third-order valence-electron chi connectivity index (χ3n) is 2.48. The molecule has 0 saturated heterocycles. The molecule has 0 saturated carbocycles. The summed E-state index contributed by atoms with van der Waals surface area (Å²) in [4.78, 5) is 23.4. The van der Waals surface area contributed by atoms with Gasteiger partial charge in [0, 0.05) is 10.6 Å². The maximum atomic E-state index is 11.9. The summed E-state index contributed by atoms with van der Waals surface area (Å²) in [7, 11) is 0. The van der Waals surface area contributed by atoms with Crippen LogP contribution in [0.2, 0.25) is 5.02 Å². The minimum atomic E-state index is -0.668. The van der Waals surface area contributed by atoms with Gasteiger partial charge in [0.25, 0.3) is 11.8 Å². The Morgan fingerprint density at radius 3 is 2.22 bits per heavy atom. The third-order valence-corrected chi connectivity index (χ3v) is 2.74. The molecular formula is C12H16ClN3O2. The normalized spacial score (nSPS) is 12.1. The highest BCUT2D eigenvalue weighted by Gasteiger charge is 2.23. The average molecular weight is 270 g/mol. The van der Waals surface area contributed by atoms with Crippen molar-refractivity contribution in [1.29, 1.82) is 0 Å². The first kappa shape index (κ1) is 14.5. The molecule has 1 rings (SSSR count). The van der Waals surface area contributed by atoms with Gasteiger partial charge in [0.05, 0.1) is 0 Å². The molecule has 0 aliphatic carbocycles. The van der Waals surface area contributed by atoms with E-state index in [2.05, 4.69) is 5.32 Å². The second-order valence-corrected chi connectivity index (χ2v) is 4.65. The average Bonchev–Trinajstić information content (AvgIpc) is 2.35. The topological polar surface area (TPSA) is 84.2 Å². The molecule has 0 spiro atoms. The van der Waals surface area contributed by atoms with Gasteiger partial charge in [0.15, 0.2) is 0 Å². The van der Waals surface area contributed by atoms with Crippen LogP contribution in [0.25, 0.3) is 0 Å². The Morgan fingerprint density at radius 2 is 1.78 bits per heavy atom. The number of rotatable bonds is 4. The van der Waals surface area contributed by atoms with Crippen LogP contribution in [-0.2, 0) is 4.79 Å². The number of carbonyl (C=O) groups excluding carboxylic acids is 2. The number of hydrogen-bond acceptors (Lipinski definition) is 3. The van der Waals surface area contributed by atoms with Crippen LogP contribution in [0.15, 0.2) is 24.3 Å². The quantitative estimate of drug-likeness (QED) is 0.434. The van der Waals surface area contributed by atoms with E-state index >= 15 is 0 Å². The second-order valence-electron chi connectivity index (χ2n) is 4.21. The van der Waals surface area contributed by atoms with E-state index in [0.717, 1.165) is 0 Å². The van der Waals surface area contributed by atoms with Crippen LogP contribution in [0.1, 0.15) is 24.2 Å².